The number of carbonyl (C=O) groups is 1. The first-order chi connectivity index (χ1) is 8.29. The number of carbonyl (C=O) groups excluding carboxylic acids is 1. The van der Waals surface area contributed by atoms with Crippen molar-refractivity contribution >= 4 is 17.7 Å². The van der Waals surface area contributed by atoms with Crippen LogP contribution >= 0.6 is 11.8 Å². The highest BCUT2D eigenvalue weighted by Gasteiger charge is 2.11. The summed E-state index contributed by atoms with van der Waals surface area (Å²) in [6, 6.07) is 6.49. The Hall–Kier alpha value is -1.00. The third-order valence-electron chi connectivity index (χ3n) is 2.77. The van der Waals surface area contributed by atoms with Crippen LogP contribution in [0.1, 0.15) is 24.5 Å². The van der Waals surface area contributed by atoms with E-state index in [0.29, 0.717) is 12.4 Å². The summed E-state index contributed by atoms with van der Waals surface area (Å²) in [6.45, 7) is 2.34. The molecule has 3 nitrogen and oxygen atoms in total. The van der Waals surface area contributed by atoms with Crippen LogP contribution in [-0.4, -0.2) is 18.3 Å². The van der Waals surface area contributed by atoms with Crippen molar-refractivity contribution in [2.75, 3.05) is 12.4 Å². The number of fused-ring (bicyclic) bond motifs is 1. The zero-order valence-electron chi connectivity index (χ0n) is 9.99. The van der Waals surface area contributed by atoms with E-state index >= 15 is 0 Å². The van der Waals surface area contributed by atoms with E-state index in [1.807, 2.05) is 6.92 Å². The van der Waals surface area contributed by atoms with Crippen LogP contribution in [0.15, 0.2) is 23.1 Å². The van der Waals surface area contributed by atoms with Crippen LogP contribution in [-0.2, 0) is 22.5 Å². The van der Waals surface area contributed by atoms with Gasteiger partial charge in [-0.1, -0.05) is 6.07 Å². The van der Waals surface area contributed by atoms with Crippen molar-refractivity contribution in [1.82, 2.24) is 5.48 Å². The predicted molar refractivity (Wildman–Crippen MR) is 69.0 cm³/mol. The molecule has 0 fully saturated rings. The lowest BCUT2D eigenvalue weighted by molar-refractivity contribution is -0.130. The topological polar surface area (TPSA) is 38.3 Å². The number of thioether (sulfide) groups is 1. The summed E-state index contributed by atoms with van der Waals surface area (Å²) >= 11 is 1.55. The van der Waals surface area contributed by atoms with E-state index in [9.17, 15) is 4.79 Å². The van der Waals surface area contributed by atoms with Gasteiger partial charge < -0.3 is 0 Å². The summed E-state index contributed by atoms with van der Waals surface area (Å²) in [6.07, 6.45) is 3.63. The molecular formula is C13H17NO2S. The molecule has 0 bridgehead atoms. The molecule has 0 heterocycles. The molecule has 2 rings (SSSR count). The van der Waals surface area contributed by atoms with E-state index < -0.39 is 0 Å². The van der Waals surface area contributed by atoms with E-state index in [1.165, 1.54) is 30.4 Å². The molecule has 0 saturated heterocycles. The first kappa shape index (κ1) is 12.5. The van der Waals surface area contributed by atoms with Crippen molar-refractivity contribution < 1.29 is 9.63 Å². The highest BCUT2D eigenvalue weighted by atomic mass is 32.2. The van der Waals surface area contributed by atoms with E-state index in [0.717, 1.165) is 4.90 Å². The molecule has 1 aromatic rings. The molecule has 0 spiro atoms. The monoisotopic (exact) mass is 251 g/mol. The average molecular weight is 251 g/mol. The predicted octanol–water partition coefficient (Wildman–Crippen LogP) is 2.34. The average Bonchev–Trinajstić information content (AvgIpc) is 2.81. The summed E-state index contributed by atoms with van der Waals surface area (Å²) < 4.78 is 0. The van der Waals surface area contributed by atoms with Crippen molar-refractivity contribution in [3.63, 3.8) is 0 Å². The lowest BCUT2D eigenvalue weighted by atomic mass is 10.1. The number of hydroxylamine groups is 1. The summed E-state index contributed by atoms with van der Waals surface area (Å²) in [5, 5.41) is 0. The molecule has 0 unspecified atom stereocenters. The van der Waals surface area contributed by atoms with Crippen molar-refractivity contribution in [1.29, 1.82) is 0 Å². The smallest absolute Gasteiger partial charge is 0.253 e. The maximum absolute atomic E-state index is 11.4. The fourth-order valence-corrected chi connectivity index (χ4v) is 2.72. The number of hydrogen-bond acceptors (Lipinski definition) is 3. The van der Waals surface area contributed by atoms with Gasteiger partial charge in [-0.15, -0.1) is 11.8 Å². The number of nitrogens with one attached hydrogen (secondary N) is 1. The minimum atomic E-state index is -0.0858. The number of benzene rings is 1. The lowest BCUT2D eigenvalue weighted by Crippen LogP contribution is -2.25. The Morgan fingerprint density at radius 3 is 3.06 bits per heavy atom. The van der Waals surface area contributed by atoms with Gasteiger partial charge in [0.1, 0.15) is 0 Å². The molecular weight excluding hydrogens is 234 g/mol. The molecule has 1 aliphatic carbocycles. The first-order valence-electron chi connectivity index (χ1n) is 5.95. The largest absolute Gasteiger partial charge is 0.274 e. The van der Waals surface area contributed by atoms with Gasteiger partial charge in [-0.05, 0) is 49.4 Å². The molecule has 0 radical (unpaired) electrons. The van der Waals surface area contributed by atoms with E-state index in [2.05, 4.69) is 23.7 Å². The Morgan fingerprint density at radius 1 is 1.41 bits per heavy atom. The van der Waals surface area contributed by atoms with Crippen LogP contribution in [0.25, 0.3) is 0 Å². The van der Waals surface area contributed by atoms with Crippen LogP contribution in [0.4, 0.5) is 0 Å². The van der Waals surface area contributed by atoms with Gasteiger partial charge in [-0.3, -0.25) is 9.63 Å². The Kier molecular flexibility index (Phi) is 4.45. The van der Waals surface area contributed by atoms with Crippen LogP contribution in [0.3, 0.4) is 0 Å². The minimum absolute atomic E-state index is 0.0858. The van der Waals surface area contributed by atoms with Gasteiger partial charge in [0.05, 0.1) is 12.4 Å². The van der Waals surface area contributed by atoms with Crippen LogP contribution in [0.5, 0.6) is 0 Å². The first-order valence-corrected chi connectivity index (χ1v) is 6.93. The van der Waals surface area contributed by atoms with E-state index in [4.69, 9.17) is 4.84 Å². The maximum Gasteiger partial charge on any atom is 0.253 e. The van der Waals surface area contributed by atoms with Gasteiger partial charge in [-0.2, -0.15) is 0 Å². The fourth-order valence-electron chi connectivity index (χ4n) is 1.97. The van der Waals surface area contributed by atoms with Gasteiger partial charge in [-0.25, -0.2) is 5.48 Å². The normalized spacial score (nSPS) is 13.5. The zero-order chi connectivity index (χ0) is 12.1. The molecule has 1 aliphatic rings. The quantitative estimate of drug-likeness (QED) is 0.645. The van der Waals surface area contributed by atoms with Gasteiger partial charge in [0.25, 0.3) is 5.91 Å². The molecule has 4 heteroatoms. The summed E-state index contributed by atoms with van der Waals surface area (Å²) in [5.74, 6) is 0.316. The second-order valence-corrected chi connectivity index (χ2v) is 5.08. The molecule has 0 saturated carbocycles. The molecule has 1 aromatic carbocycles. The van der Waals surface area contributed by atoms with E-state index in [-0.39, 0.29) is 5.91 Å². The van der Waals surface area contributed by atoms with Crippen molar-refractivity contribution in [2.24, 2.45) is 0 Å². The SMILES string of the molecule is CCONC(=O)CSc1ccc2c(c1)CCC2. The van der Waals surface area contributed by atoms with Crippen molar-refractivity contribution in [3.8, 4) is 0 Å². The van der Waals surface area contributed by atoms with E-state index in [1.54, 1.807) is 11.8 Å². The summed E-state index contributed by atoms with van der Waals surface area (Å²) in [5.41, 5.74) is 5.31. The second kappa shape index (κ2) is 6.07. The number of rotatable bonds is 5. The Bertz CT molecular complexity index is 406. The molecule has 0 aliphatic heterocycles. The second-order valence-electron chi connectivity index (χ2n) is 4.03. The highest BCUT2D eigenvalue weighted by molar-refractivity contribution is 8.00. The summed E-state index contributed by atoms with van der Waals surface area (Å²) in [4.78, 5) is 17.4. The Labute approximate surface area is 106 Å². The van der Waals surface area contributed by atoms with Gasteiger partial charge >= 0.3 is 0 Å². The maximum atomic E-state index is 11.4. The fraction of sp³-hybridized carbons (Fsp3) is 0.462. The number of hydrogen-bond donors (Lipinski definition) is 1. The molecule has 0 aromatic heterocycles. The Morgan fingerprint density at radius 2 is 2.24 bits per heavy atom. The molecule has 0 atom stereocenters. The Balaban J connectivity index is 1.85. The number of amides is 1. The third kappa shape index (κ3) is 3.48. The minimum Gasteiger partial charge on any atom is -0.274 e. The molecule has 17 heavy (non-hydrogen) atoms. The van der Waals surface area contributed by atoms with Crippen LogP contribution < -0.4 is 5.48 Å². The number of aryl methyl sites for hydroxylation is 2. The van der Waals surface area contributed by atoms with Gasteiger partial charge in [0.2, 0.25) is 0 Å². The zero-order valence-corrected chi connectivity index (χ0v) is 10.8. The van der Waals surface area contributed by atoms with Gasteiger partial charge in [0.15, 0.2) is 0 Å². The van der Waals surface area contributed by atoms with Crippen molar-refractivity contribution in [3.05, 3.63) is 29.3 Å². The highest BCUT2D eigenvalue weighted by Crippen LogP contribution is 2.27. The molecule has 1 amide bonds. The van der Waals surface area contributed by atoms with Gasteiger partial charge in [0, 0.05) is 4.90 Å². The van der Waals surface area contributed by atoms with Crippen LogP contribution in [0.2, 0.25) is 0 Å². The molecule has 1 N–H and O–H groups in total. The van der Waals surface area contributed by atoms with Crippen LogP contribution in [0, 0.1) is 0 Å². The standard InChI is InChI=1S/C13H17NO2S/c1-2-16-14-13(15)9-17-12-7-6-10-4-3-5-11(10)8-12/h6-8H,2-5,9H2,1H3,(H,14,15). The molecule has 92 valence electrons. The lowest BCUT2D eigenvalue weighted by Gasteiger charge is -2.05. The van der Waals surface area contributed by atoms with Crippen molar-refractivity contribution in [2.45, 2.75) is 31.1 Å². The third-order valence-corrected chi connectivity index (χ3v) is 3.76. The summed E-state index contributed by atoms with van der Waals surface area (Å²) in [7, 11) is 0.